The average molecular weight is 362 g/mol. The van der Waals surface area contributed by atoms with E-state index in [4.69, 9.17) is 0 Å². The van der Waals surface area contributed by atoms with E-state index in [2.05, 4.69) is 0 Å². The first-order valence-electron chi connectivity index (χ1n) is 8.98. The molecule has 7 heteroatoms. The number of hydrogen-bond donors (Lipinski definition) is 2. The quantitative estimate of drug-likeness (QED) is 0.839. The van der Waals surface area contributed by atoms with E-state index in [1.807, 2.05) is 13.8 Å². The van der Waals surface area contributed by atoms with Crippen molar-refractivity contribution in [1.82, 2.24) is 9.80 Å². The number of aliphatic carboxylic acids is 1. The van der Waals surface area contributed by atoms with Crippen LogP contribution in [-0.4, -0.2) is 64.2 Å². The zero-order valence-electron chi connectivity index (χ0n) is 15.2. The molecule has 0 spiro atoms. The van der Waals surface area contributed by atoms with Gasteiger partial charge in [0.05, 0.1) is 5.92 Å². The molecule has 1 aliphatic heterocycles. The SMILES string of the molecule is CCN(CC)C(=O)c1ccc([C@H]2CCN(C(=O)O)CC[C@@H]2C(=O)O)cc1. The Morgan fingerprint density at radius 1 is 1.04 bits per heavy atom. The Bertz CT molecular complexity index is 654. The smallest absolute Gasteiger partial charge is 0.407 e. The third-order valence-corrected chi connectivity index (χ3v) is 5.13. The van der Waals surface area contributed by atoms with Crippen LogP contribution in [-0.2, 0) is 4.79 Å². The molecule has 1 saturated heterocycles. The van der Waals surface area contributed by atoms with Crippen LogP contribution in [0.2, 0.25) is 0 Å². The van der Waals surface area contributed by atoms with E-state index in [1.54, 1.807) is 29.2 Å². The lowest BCUT2D eigenvalue weighted by Gasteiger charge is -2.22. The van der Waals surface area contributed by atoms with Crippen LogP contribution in [0, 0.1) is 5.92 Å². The summed E-state index contributed by atoms with van der Waals surface area (Å²) in [4.78, 5) is 38.3. The van der Waals surface area contributed by atoms with Gasteiger partial charge in [-0.15, -0.1) is 0 Å². The minimum absolute atomic E-state index is 0.0470. The molecule has 0 radical (unpaired) electrons. The molecule has 0 saturated carbocycles. The largest absolute Gasteiger partial charge is 0.481 e. The number of hydrogen-bond acceptors (Lipinski definition) is 3. The molecule has 1 fully saturated rings. The van der Waals surface area contributed by atoms with Crippen LogP contribution < -0.4 is 0 Å². The summed E-state index contributed by atoms with van der Waals surface area (Å²) in [7, 11) is 0. The number of carbonyl (C=O) groups is 3. The molecule has 1 aromatic rings. The van der Waals surface area contributed by atoms with Crippen molar-refractivity contribution in [3.8, 4) is 0 Å². The molecule has 2 N–H and O–H groups in total. The molecule has 0 bridgehead atoms. The highest BCUT2D eigenvalue weighted by Gasteiger charge is 2.33. The number of nitrogens with zero attached hydrogens (tertiary/aromatic N) is 2. The molecular formula is C19H26N2O5. The molecule has 0 unspecified atom stereocenters. The minimum Gasteiger partial charge on any atom is -0.481 e. The minimum atomic E-state index is -1.02. The fraction of sp³-hybridized carbons (Fsp3) is 0.526. The Balaban J connectivity index is 2.23. The Kier molecular flexibility index (Phi) is 6.60. The molecular weight excluding hydrogens is 336 g/mol. The molecule has 1 aliphatic rings. The van der Waals surface area contributed by atoms with Crippen LogP contribution in [0.1, 0.15) is 48.5 Å². The van der Waals surface area contributed by atoms with Gasteiger partial charge in [-0.1, -0.05) is 12.1 Å². The Morgan fingerprint density at radius 2 is 1.62 bits per heavy atom. The molecule has 2 rings (SSSR count). The first kappa shape index (κ1) is 19.8. The van der Waals surface area contributed by atoms with Gasteiger partial charge in [0.1, 0.15) is 0 Å². The first-order chi connectivity index (χ1) is 12.4. The first-order valence-corrected chi connectivity index (χ1v) is 8.98. The van der Waals surface area contributed by atoms with Crippen LogP contribution >= 0.6 is 0 Å². The van der Waals surface area contributed by atoms with E-state index >= 15 is 0 Å². The lowest BCUT2D eigenvalue weighted by molar-refractivity contribution is -0.142. The van der Waals surface area contributed by atoms with Gasteiger partial charge in [0.15, 0.2) is 0 Å². The number of amides is 2. The summed E-state index contributed by atoms with van der Waals surface area (Å²) in [5.41, 5.74) is 1.41. The van der Waals surface area contributed by atoms with Gasteiger partial charge in [0, 0.05) is 31.7 Å². The van der Waals surface area contributed by atoms with Gasteiger partial charge in [-0.05, 0) is 50.3 Å². The summed E-state index contributed by atoms with van der Waals surface area (Å²) in [5.74, 6) is -1.86. The fourth-order valence-electron chi connectivity index (χ4n) is 3.56. The molecule has 26 heavy (non-hydrogen) atoms. The van der Waals surface area contributed by atoms with Crippen molar-refractivity contribution in [2.75, 3.05) is 26.2 Å². The number of rotatable bonds is 5. The standard InChI is InChI=1S/C19H26N2O5/c1-3-20(4-2)17(22)14-7-5-13(6-8-14)15-9-11-21(19(25)26)12-10-16(15)18(23)24/h5-8,15-16H,3-4,9-12H2,1-2H3,(H,23,24)(H,25,26)/t15-,16+/m1/s1. The Morgan fingerprint density at radius 3 is 2.12 bits per heavy atom. The number of benzene rings is 1. The van der Waals surface area contributed by atoms with Crippen molar-refractivity contribution in [3.63, 3.8) is 0 Å². The normalized spacial score (nSPS) is 20.3. The lowest BCUT2D eigenvalue weighted by atomic mass is 9.82. The topological polar surface area (TPSA) is 98.2 Å². The summed E-state index contributed by atoms with van der Waals surface area (Å²) >= 11 is 0. The van der Waals surface area contributed by atoms with Gasteiger partial charge < -0.3 is 20.0 Å². The van der Waals surface area contributed by atoms with E-state index in [0.29, 0.717) is 31.6 Å². The van der Waals surface area contributed by atoms with Crippen molar-refractivity contribution in [2.24, 2.45) is 5.92 Å². The average Bonchev–Trinajstić information content (AvgIpc) is 2.86. The number of carboxylic acid groups (broad SMARTS) is 2. The molecule has 1 aromatic carbocycles. The molecule has 7 nitrogen and oxygen atoms in total. The van der Waals surface area contributed by atoms with Crippen molar-refractivity contribution in [2.45, 2.75) is 32.6 Å². The Labute approximate surface area is 153 Å². The van der Waals surface area contributed by atoms with Crippen molar-refractivity contribution in [3.05, 3.63) is 35.4 Å². The van der Waals surface area contributed by atoms with Crippen molar-refractivity contribution in [1.29, 1.82) is 0 Å². The van der Waals surface area contributed by atoms with Crippen LogP contribution in [0.5, 0.6) is 0 Å². The highest BCUT2D eigenvalue weighted by atomic mass is 16.4. The predicted octanol–water partition coefficient (Wildman–Crippen LogP) is 2.73. The van der Waals surface area contributed by atoms with Crippen molar-refractivity contribution >= 4 is 18.0 Å². The zero-order chi connectivity index (χ0) is 19.3. The van der Waals surface area contributed by atoms with Gasteiger partial charge in [0.2, 0.25) is 0 Å². The van der Waals surface area contributed by atoms with E-state index in [9.17, 15) is 24.6 Å². The van der Waals surface area contributed by atoms with Crippen LogP contribution in [0.4, 0.5) is 4.79 Å². The zero-order valence-corrected chi connectivity index (χ0v) is 15.2. The van der Waals surface area contributed by atoms with E-state index in [0.717, 1.165) is 5.56 Å². The predicted molar refractivity (Wildman–Crippen MR) is 96.4 cm³/mol. The molecule has 1 heterocycles. The third-order valence-electron chi connectivity index (χ3n) is 5.13. The maximum absolute atomic E-state index is 12.4. The number of carboxylic acids is 1. The lowest BCUT2D eigenvalue weighted by Crippen LogP contribution is -2.30. The summed E-state index contributed by atoms with van der Waals surface area (Å²) in [5, 5.41) is 18.8. The van der Waals surface area contributed by atoms with Crippen LogP contribution in [0.25, 0.3) is 0 Å². The fourth-order valence-corrected chi connectivity index (χ4v) is 3.56. The van der Waals surface area contributed by atoms with Crippen LogP contribution in [0.3, 0.4) is 0 Å². The monoisotopic (exact) mass is 362 g/mol. The highest BCUT2D eigenvalue weighted by Crippen LogP contribution is 2.34. The molecule has 0 aliphatic carbocycles. The van der Waals surface area contributed by atoms with Crippen molar-refractivity contribution < 1.29 is 24.6 Å². The number of likely N-dealkylation sites (tertiary alicyclic amines) is 1. The van der Waals surface area contributed by atoms with Gasteiger partial charge in [-0.2, -0.15) is 0 Å². The van der Waals surface area contributed by atoms with Gasteiger partial charge >= 0.3 is 12.1 Å². The van der Waals surface area contributed by atoms with E-state index in [-0.39, 0.29) is 24.8 Å². The van der Waals surface area contributed by atoms with Gasteiger partial charge in [0.25, 0.3) is 5.91 Å². The Hall–Kier alpha value is -2.57. The second kappa shape index (κ2) is 8.69. The molecule has 2 amide bonds. The van der Waals surface area contributed by atoms with Gasteiger partial charge in [-0.25, -0.2) is 4.79 Å². The summed E-state index contributed by atoms with van der Waals surface area (Å²) in [6, 6.07) is 7.06. The van der Waals surface area contributed by atoms with E-state index in [1.165, 1.54) is 4.90 Å². The van der Waals surface area contributed by atoms with Crippen LogP contribution in [0.15, 0.2) is 24.3 Å². The summed E-state index contributed by atoms with van der Waals surface area (Å²) in [6.45, 7) is 5.64. The molecule has 0 aromatic heterocycles. The third kappa shape index (κ3) is 4.33. The number of carbonyl (C=O) groups excluding carboxylic acids is 1. The summed E-state index contributed by atoms with van der Waals surface area (Å²) in [6.07, 6.45) is -0.283. The summed E-state index contributed by atoms with van der Waals surface area (Å²) < 4.78 is 0. The van der Waals surface area contributed by atoms with Gasteiger partial charge in [-0.3, -0.25) is 9.59 Å². The van der Waals surface area contributed by atoms with E-state index < -0.39 is 18.0 Å². The molecule has 2 atom stereocenters. The maximum atomic E-state index is 12.4. The highest BCUT2D eigenvalue weighted by molar-refractivity contribution is 5.94. The second-order valence-electron chi connectivity index (χ2n) is 6.50. The second-order valence-corrected chi connectivity index (χ2v) is 6.50. The maximum Gasteiger partial charge on any atom is 0.407 e. The molecule has 142 valence electrons.